The van der Waals surface area contributed by atoms with Crippen LogP contribution in [-0.2, 0) is 6.42 Å². The number of aromatic nitrogens is 1. The molecular weight excluding hydrogens is 474 g/mol. The van der Waals surface area contributed by atoms with Gasteiger partial charge in [0.15, 0.2) is 0 Å². The van der Waals surface area contributed by atoms with E-state index in [9.17, 15) is 13.9 Å². The zero-order chi connectivity index (χ0) is 26.2. The summed E-state index contributed by atoms with van der Waals surface area (Å²) in [6.45, 7) is 7.43. The molecule has 1 aromatic heterocycles. The molecule has 0 fully saturated rings. The maximum absolute atomic E-state index is 14.0. The van der Waals surface area contributed by atoms with Gasteiger partial charge in [0.2, 0.25) is 0 Å². The van der Waals surface area contributed by atoms with Crippen LogP contribution in [0.25, 0.3) is 28.3 Å². The van der Waals surface area contributed by atoms with E-state index in [1.165, 1.54) is 0 Å². The van der Waals surface area contributed by atoms with Gasteiger partial charge >= 0.3 is 6.11 Å². The Balaban J connectivity index is 1.47. The quantitative estimate of drug-likeness (QED) is 0.399. The monoisotopic (exact) mass is 506 g/mol. The Morgan fingerprint density at radius 3 is 2.81 bits per heavy atom. The van der Waals surface area contributed by atoms with E-state index < -0.39 is 12.5 Å². The predicted molar refractivity (Wildman–Crippen MR) is 145 cm³/mol. The first-order valence-electron chi connectivity index (χ1n) is 12.4. The van der Waals surface area contributed by atoms with Crippen molar-refractivity contribution in [2.45, 2.75) is 12.5 Å². The molecule has 2 aliphatic heterocycles. The number of nitrogens with two attached hydrogens (primary N) is 1. The van der Waals surface area contributed by atoms with Gasteiger partial charge in [0.05, 0.1) is 13.0 Å². The minimum atomic E-state index is -3.19. The highest BCUT2D eigenvalue weighted by atomic mass is 19.3. The lowest BCUT2D eigenvalue weighted by atomic mass is 9.92. The number of nitrogens with zero attached hydrogens (tertiary/aromatic N) is 2. The van der Waals surface area contributed by atoms with E-state index in [2.05, 4.69) is 39.6 Å². The lowest BCUT2D eigenvalue weighted by Crippen LogP contribution is -2.33. The Morgan fingerprint density at radius 2 is 2.03 bits per heavy atom. The van der Waals surface area contributed by atoms with Gasteiger partial charge in [0.1, 0.15) is 11.6 Å². The third-order valence-corrected chi connectivity index (χ3v) is 6.99. The summed E-state index contributed by atoms with van der Waals surface area (Å²) in [4.78, 5) is 7.56. The molecule has 0 saturated heterocycles. The zero-order valence-electron chi connectivity index (χ0n) is 20.9. The molecular formula is C29H32F2N4O2. The molecule has 3 heterocycles. The molecule has 37 heavy (non-hydrogen) atoms. The molecule has 0 atom stereocenters. The second kappa shape index (κ2) is 10.1. The molecule has 194 valence electrons. The highest BCUT2D eigenvalue weighted by Gasteiger charge is 2.41. The molecule has 0 spiro atoms. The number of fused-ring (bicyclic) bond motifs is 2. The third kappa shape index (κ3) is 5.05. The van der Waals surface area contributed by atoms with E-state index in [4.69, 9.17) is 10.5 Å². The van der Waals surface area contributed by atoms with Gasteiger partial charge in [-0.15, -0.1) is 0 Å². The predicted octanol–water partition coefficient (Wildman–Crippen LogP) is 4.47. The van der Waals surface area contributed by atoms with Gasteiger partial charge in [-0.2, -0.15) is 8.78 Å². The summed E-state index contributed by atoms with van der Waals surface area (Å²) in [5, 5.41) is 9.36. The van der Waals surface area contributed by atoms with Gasteiger partial charge in [0.25, 0.3) is 0 Å². The van der Waals surface area contributed by atoms with Crippen LogP contribution >= 0.6 is 0 Å². The van der Waals surface area contributed by atoms with E-state index in [1.54, 1.807) is 12.1 Å². The van der Waals surface area contributed by atoms with Crippen molar-refractivity contribution in [2.75, 3.05) is 51.3 Å². The van der Waals surface area contributed by atoms with Gasteiger partial charge in [0, 0.05) is 62.7 Å². The first-order chi connectivity index (χ1) is 17.8. The molecule has 2 aromatic carbocycles. The Hall–Kier alpha value is -3.46. The second-order valence-corrected chi connectivity index (χ2v) is 9.66. The number of rotatable bonds is 9. The number of nitrogens with one attached hydrogen (secondary N) is 1. The Labute approximate surface area is 215 Å². The van der Waals surface area contributed by atoms with Gasteiger partial charge in [-0.3, -0.25) is 4.90 Å². The minimum Gasteiger partial charge on any atom is -0.432 e. The minimum absolute atomic E-state index is 0.0717. The lowest BCUT2D eigenvalue weighted by Gasteiger charge is -2.26. The molecule has 3 aromatic rings. The summed E-state index contributed by atoms with van der Waals surface area (Å²) in [7, 11) is 2.02. The van der Waals surface area contributed by atoms with Crippen molar-refractivity contribution in [3.63, 3.8) is 0 Å². The SMILES string of the molecule is C=C(CN(CCN)CCO)c1cccc(C2=Cc3c(-c4cccc5c4CC(F)(F)O5)c[nH]c3N(C)C2)c1. The van der Waals surface area contributed by atoms with E-state index in [0.29, 0.717) is 38.3 Å². The number of aliphatic hydroxyl groups is 1. The number of H-pyrrole nitrogens is 1. The van der Waals surface area contributed by atoms with Gasteiger partial charge in [-0.25, -0.2) is 0 Å². The first kappa shape index (κ1) is 25.2. The van der Waals surface area contributed by atoms with Crippen LogP contribution in [0.5, 0.6) is 5.75 Å². The van der Waals surface area contributed by atoms with Crippen molar-refractivity contribution in [2.24, 2.45) is 5.73 Å². The van der Waals surface area contributed by atoms with Crippen LogP contribution in [0.3, 0.4) is 0 Å². The van der Waals surface area contributed by atoms with Crippen LogP contribution in [0.1, 0.15) is 22.3 Å². The molecule has 4 N–H and O–H groups in total. The molecule has 0 radical (unpaired) electrons. The standard InChI is InChI=1S/C29H32F2N4O2/c1-19(17-35(10-9-32)11-12-36)20-5-3-6-21(13-20)22-14-24-26(16-33-28(24)34(2)18-22)23-7-4-8-27-25(23)15-29(30,31)37-27/h3-8,13-14,16,33,36H,1,9-12,15,17-18,32H2,2H3. The Kier molecular flexibility index (Phi) is 6.90. The van der Waals surface area contributed by atoms with Crippen molar-refractivity contribution >= 4 is 23.0 Å². The van der Waals surface area contributed by atoms with Crippen LogP contribution in [0.15, 0.2) is 55.2 Å². The van der Waals surface area contributed by atoms with E-state index in [-0.39, 0.29) is 12.4 Å². The molecule has 5 rings (SSSR count). The number of alkyl halides is 2. The Bertz CT molecular complexity index is 1340. The number of anilines is 1. The normalized spacial score (nSPS) is 15.8. The van der Waals surface area contributed by atoms with Crippen LogP contribution in [0.4, 0.5) is 14.6 Å². The van der Waals surface area contributed by atoms with E-state index in [1.807, 2.05) is 31.4 Å². The average Bonchev–Trinajstić information content (AvgIpc) is 3.44. The number of hydrogen-bond acceptors (Lipinski definition) is 5. The molecule has 0 saturated carbocycles. The summed E-state index contributed by atoms with van der Waals surface area (Å²) in [6, 6.07) is 13.5. The number of aromatic amines is 1. The molecule has 0 unspecified atom stereocenters. The van der Waals surface area contributed by atoms with Gasteiger partial charge < -0.3 is 25.5 Å². The maximum atomic E-state index is 14.0. The molecule has 6 nitrogen and oxygen atoms in total. The number of ether oxygens (including phenoxy) is 1. The van der Waals surface area contributed by atoms with Gasteiger partial charge in [-0.05, 0) is 46.0 Å². The van der Waals surface area contributed by atoms with Crippen LogP contribution in [0, 0.1) is 0 Å². The smallest absolute Gasteiger partial charge is 0.402 e. The number of benzene rings is 2. The van der Waals surface area contributed by atoms with Crippen LogP contribution in [-0.4, -0.2) is 67.5 Å². The van der Waals surface area contributed by atoms with Crippen molar-refractivity contribution in [3.8, 4) is 16.9 Å². The summed E-state index contributed by atoms with van der Waals surface area (Å²) >= 11 is 0. The second-order valence-electron chi connectivity index (χ2n) is 9.66. The number of aliphatic hydroxyl groups excluding tert-OH is 1. The highest BCUT2D eigenvalue weighted by molar-refractivity contribution is 5.96. The third-order valence-electron chi connectivity index (χ3n) is 6.99. The van der Waals surface area contributed by atoms with E-state index in [0.717, 1.165) is 44.8 Å². The van der Waals surface area contributed by atoms with Crippen molar-refractivity contribution in [3.05, 3.63) is 77.5 Å². The number of hydrogen-bond donors (Lipinski definition) is 3. The molecule has 0 amide bonds. The van der Waals surface area contributed by atoms with Crippen molar-refractivity contribution in [1.82, 2.24) is 9.88 Å². The summed E-state index contributed by atoms with van der Waals surface area (Å²) in [6.07, 6.45) is 0.403. The zero-order valence-corrected chi connectivity index (χ0v) is 20.9. The largest absolute Gasteiger partial charge is 0.432 e. The molecule has 0 bridgehead atoms. The van der Waals surface area contributed by atoms with E-state index >= 15 is 0 Å². The fourth-order valence-corrected chi connectivity index (χ4v) is 5.23. The maximum Gasteiger partial charge on any atom is 0.402 e. The summed E-state index contributed by atoms with van der Waals surface area (Å²) in [5.74, 6) is 1.19. The summed E-state index contributed by atoms with van der Waals surface area (Å²) < 4.78 is 32.9. The highest BCUT2D eigenvalue weighted by Crippen LogP contribution is 2.45. The first-order valence-corrected chi connectivity index (χ1v) is 12.4. The van der Waals surface area contributed by atoms with Gasteiger partial charge in [-0.1, -0.05) is 36.9 Å². The average molecular weight is 507 g/mol. The fourth-order valence-electron chi connectivity index (χ4n) is 5.23. The molecule has 0 aliphatic carbocycles. The lowest BCUT2D eigenvalue weighted by molar-refractivity contribution is -0.159. The summed E-state index contributed by atoms with van der Waals surface area (Å²) in [5.41, 5.74) is 13.0. The van der Waals surface area contributed by atoms with Crippen molar-refractivity contribution < 1.29 is 18.6 Å². The molecule has 2 aliphatic rings. The Morgan fingerprint density at radius 1 is 1.22 bits per heavy atom. The van der Waals surface area contributed by atoms with Crippen molar-refractivity contribution in [1.29, 1.82) is 0 Å². The number of halogens is 2. The van der Waals surface area contributed by atoms with Crippen LogP contribution < -0.4 is 15.4 Å². The topological polar surface area (TPSA) is 77.7 Å². The molecule has 8 heteroatoms. The number of likely N-dealkylation sites (N-methyl/N-ethyl adjacent to an activating group) is 1. The van der Waals surface area contributed by atoms with Crippen LogP contribution in [0.2, 0.25) is 0 Å². The fraction of sp³-hybridized carbons (Fsp3) is 0.310.